The fourth-order valence-corrected chi connectivity index (χ4v) is 3.65. The molecule has 0 aliphatic carbocycles. The summed E-state index contributed by atoms with van der Waals surface area (Å²) >= 11 is 2.06. The predicted molar refractivity (Wildman–Crippen MR) is 62.8 cm³/mol. The number of hydrogen-bond acceptors (Lipinski definition) is 4. The van der Waals surface area contributed by atoms with Gasteiger partial charge in [0.15, 0.2) is 5.96 Å². The number of aliphatic imine (C=N–C) groups is 1. The molecule has 2 aliphatic heterocycles. The van der Waals surface area contributed by atoms with Crippen LogP contribution in [-0.4, -0.2) is 41.0 Å². The number of guanidine groups is 1. The lowest BCUT2D eigenvalue weighted by Crippen LogP contribution is -2.53. The Kier molecular flexibility index (Phi) is 2.91. The minimum absolute atomic E-state index is 0.297. The smallest absolute Gasteiger partial charge is 0.191 e. The maximum Gasteiger partial charge on any atom is 0.191 e. The van der Waals surface area contributed by atoms with E-state index in [1.54, 1.807) is 0 Å². The van der Waals surface area contributed by atoms with Crippen molar-refractivity contribution in [2.45, 2.75) is 31.7 Å². The van der Waals surface area contributed by atoms with Gasteiger partial charge in [0.05, 0.1) is 12.1 Å². The van der Waals surface area contributed by atoms with E-state index in [1.165, 1.54) is 24.3 Å². The van der Waals surface area contributed by atoms with Crippen LogP contribution in [0.5, 0.6) is 0 Å². The first-order chi connectivity index (χ1) is 6.78. The summed E-state index contributed by atoms with van der Waals surface area (Å²) in [5, 5.41) is 0. The highest BCUT2D eigenvalue weighted by Crippen LogP contribution is 2.35. The van der Waals surface area contributed by atoms with Crippen molar-refractivity contribution < 1.29 is 0 Å². The highest BCUT2D eigenvalue weighted by atomic mass is 32.2. The average molecular weight is 213 g/mol. The van der Waals surface area contributed by atoms with Crippen LogP contribution in [0.1, 0.15) is 26.2 Å². The molecular formula is C10H19N3S. The third-order valence-corrected chi connectivity index (χ3v) is 4.24. The summed E-state index contributed by atoms with van der Waals surface area (Å²) in [4.78, 5) is 6.78. The van der Waals surface area contributed by atoms with Crippen LogP contribution in [0.3, 0.4) is 0 Å². The van der Waals surface area contributed by atoms with E-state index < -0.39 is 0 Å². The van der Waals surface area contributed by atoms with Crippen molar-refractivity contribution in [3.63, 3.8) is 0 Å². The van der Waals surface area contributed by atoms with Crippen molar-refractivity contribution in [3.8, 4) is 0 Å². The van der Waals surface area contributed by atoms with E-state index in [-0.39, 0.29) is 0 Å². The van der Waals surface area contributed by atoms with Crippen molar-refractivity contribution in [2.75, 3.05) is 24.6 Å². The Morgan fingerprint density at radius 2 is 2.21 bits per heavy atom. The highest BCUT2D eigenvalue weighted by Gasteiger charge is 2.42. The number of thioether (sulfide) groups is 1. The summed E-state index contributed by atoms with van der Waals surface area (Å²) in [5.41, 5.74) is 6.24. The van der Waals surface area contributed by atoms with Gasteiger partial charge in [0.2, 0.25) is 0 Å². The normalized spacial score (nSPS) is 25.5. The van der Waals surface area contributed by atoms with Crippen LogP contribution in [0.25, 0.3) is 0 Å². The molecule has 4 heteroatoms. The summed E-state index contributed by atoms with van der Waals surface area (Å²) < 4.78 is 0. The Morgan fingerprint density at radius 3 is 2.86 bits per heavy atom. The maximum absolute atomic E-state index is 5.94. The predicted octanol–water partition coefficient (Wildman–Crippen LogP) is 1.29. The zero-order valence-electron chi connectivity index (χ0n) is 8.83. The van der Waals surface area contributed by atoms with Crippen LogP contribution in [0, 0.1) is 0 Å². The highest BCUT2D eigenvalue weighted by molar-refractivity contribution is 7.99. The Morgan fingerprint density at radius 1 is 1.50 bits per heavy atom. The Balaban J connectivity index is 2.10. The van der Waals surface area contributed by atoms with E-state index >= 15 is 0 Å². The monoisotopic (exact) mass is 213 g/mol. The molecule has 3 nitrogen and oxygen atoms in total. The second-order valence-electron chi connectivity index (χ2n) is 4.16. The Hall–Kier alpha value is -0.380. The first-order valence-corrected chi connectivity index (χ1v) is 6.59. The fourth-order valence-electron chi connectivity index (χ4n) is 2.40. The molecular weight excluding hydrogens is 194 g/mol. The van der Waals surface area contributed by atoms with Gasteiger partial charge in [-0.3, -0.25) is 4.99 Å². The van der Waals surface area contributed by atoms with Gasteiger partial charge < -0.3 is 10.6 Å². The van der Waals surface area contributed by atoms with Gasteiger partial charge >= 0.3 is 0 Å². The molecule has 2 heterocycles. The number of nitrogens with two attached hydrogens (primary N) is 1. The molecule has 2 rings (SSSR count). The van der Waals surface area contributed by atoms with E-state index in [2.05, 4.69) is 28.6 Å². The van der Waals surface area contributed by atoms with Crippen molar-refractivity contribution in [1.82, 2.24) is 4.90 Å². The lowest BCUT2D eigenvalue weighted by molar-refractivity contribution is 0.185. The minimum atomic E-state index is 0.297. The summed E-state index contributed by atoms with van der Waals surface area (Å²) in [6, 6.07) is 0. The van der Waals surface area contributed by atoms with Gasteiger partial charge in [-0.05, 0) is 30.8 Å². The number of hydrogen-bond donors (Lipinski definition) is 1. The Labute approximate surface area is 90.1 Å². The fraction of sp³-hybridized carbons (Fsp3) is 0.900. The van der Waals surface area contributed by atoms with E-state index in [0.29, 0.717) is 5.54 Å². The van der Waals surface area contributed by atoms with Crippen LogP contribution < -0.4 is 5.73 Å². The van der Waals surface area contributed by atoms with E-state index in [1.807, 2.05) is 0 Å². The maximum atomic E-state index is 5.94. The van der Waals surface area contributed by atoms with Crippen LogP contribution in [-0.2, 0) is 0 Å². The van der Waals surface area contributed by atoms with Gasteiger partial charge in [-0.1, -0.05) is 6.92 Å². The molecule has 2 aliphatic rings. The molecule has 0 saturated carbocycles. The van der Waals surface area contributed by atoms with Gasteiger partial charge in [-0.15, -0.1) is 0 Å². The van der Waals surface area contributed by atoms with Crippen molar-refractivity contribution in [3.05, 3.63) is 0 Å². The molecule has 0 unspecified atom stereocenters. The number of rotatable bonds is 2. The zero-order valence-corrected chi connectivity index (χ0v) is 9.65. The summed E-state index contributed by atoms with van der Waals surface area (Å²) in [6.45, 7) is 4.20. The molecule has 2 N–H and O–H groups in total. The molecule has 0 aromatic heterocycles. The third-order valence-electron chi connectivity index (χ3n) is 3.26. The third kappa shape index (κ3) is 1.60. The van der Waals surface area contributed by atoms with E-state index in [4.69, 9.17) is 5.73 Å². The summed E-state index contributed by atoms with van der Waals surface area (Å²) in [7, 11) is 0. The molecule has 1 saturated heterocycles. The van der Waals surface area contributed by atoms with Crippen LogP contribution >= 0.6 is 11.8 Å². The summed E-state index contributed by atoms with van der Waals surface area (Å²) in [5.74, 6) is 3.31. The van der Waals surface area contributed by atoms with Crippen LogP contribution in [0.4, 0.5) is 0 Å². The second-order valence-corrected chi connectivity index (χ2v) is 5.39. The van der Waals surface area contributed by atoms with Gasteiger partial charge in [-0.2, -0.15) is 11.8 Å². The molecule has 80 valence electrons. The lowest BCUT2D eigenvalue weighted by atomic mass is 9.91. The molecule has 0 atom stereocenters. The van der Waals surface area contributed by atoms with Crippen molar-refractivity contribution >= 4 is 17.7 Å². The number of nitrogens with zero attached hydrogens (tertiary/aromatic N) is 2. The summed E-state index contributed by atoms with van der Waals surface area (Å²) in [6.07, 6.45) is 3.66. The minimum Gasteiger partial charge on any atom is -0.370 e. The molecule has 0 bridgehead atoms. The van der Waals surface area contributed by atoms with Crippen LogP contribution in [0.15, 0.2) is 4.99 Å². The molecule has 0 amide bonds. The van der Waals surface area contributed by atoms with Crippen molar-refractivity contribution in [1.29, 1.82) is 0 Å². The van der Waals surface area contributed by atoms with E-state index in [0.717, 1.165) is 25.5 Å². The van der Waals surface area contributed by atoms with Crippen LogP contribution in [0.2, 0.25) is 0 Å². The lowest BCUT2D eigenvalue weighted by Gasteiger charge is -2.41. The zero-order chi connectivity index (χ0) is 10.0. The quantitative estimate of drug-likeness (QED) is 0.751. The molecule has 0 radical (unpaired) electrons. The molecule has 0 aromatic rings. The first-order valence-electron chi connectivity index (χ1n) is 5.44. The topological polar surface area (TPSA) is 41.6 Å². The van der Waals surface area contributed by atoms with Gasteiger partial charge in [0.25, 0.3) is 0 Å². The van der Waals surface area contributed by atoms with E-state index in [9.17, 15) is 0 Å². The van der Waals surface area contributed by atoms with Gasteiger partial charge in [0.1, 0.15) is 0 Å². The SMILES string of the molecule is CCCN1C(N)=NCC12CCSCC2. The standard InChI is InChI=1S/C10H19N3S/c1-2-5-13-9(11)12-8-10(13)3-6-14-7-4-10/h2-8H2,1H3,(H2,11,12). The largest absolute Gasteiger partial charge is 0.370 e. The van der Waals surface area contributed by atoms with Gasteiger partial charge in [-0.25, -0.2) is 0 Å². The first kappa shape index (κ1) is 10.1. The average Bonchev–Trinajstić information content (AvgIpc) is 2.49. The molecule has 14 heavy (non-hydrogen) atoms. The second kappa shape index (κ2) is 4.01. The Bertz CT molecular complexity index is 234. The van der Waals surface area contributed by atoms with Crippen molar-refractivity contribution in [2.24, 2.45) is 10.7 Å². The molecule has 1 fully saturated rings. The molecule has 1 spiro atoms. The molecule has 0 aromatic carbocycles. The van der Waals surface area contributed by atoms with Gasteiger partial charge in [0, 0.05) is 6.54 Å².